The van der Waals surface area contributed by atoms with E-state index < -0.39 is 13.9 Å². The molecule has 0 aliphatic heterocycles. The van der Waals surface area contributed by atoms with Crippen LogP contribution in [0.3, 0.4) is 0 Å². The molecule has 0 N–H and O–H groups in total. The summed E-state index contributed by atoms with van der Waals surface area (Å²) in [5.41, 5.74) is 2.46. The summed E-state index contributed by atoms with van der Waals surface area (Å²) >= 11 is 0. The highest BCUT2D eigenvalue weighted by Crippen LogP contribution is 2.40. The lowest BCUT2D eigenvalue weighted by molar-refractivity contribution is -0.0398. The second-order valence-corrected chi connectivity index (χ2v) is 17.0. The molecule has 0 aromatic heterocycles. The minimum Gasteiger partial charge on any atom is -0.415 e. The highest BCUT2D eigenvalue weighted by Gasteiger charge is 2.37. The van der Waals surface area contributed by atoms with Crippen LogP contribution < -0.4 is 0 Å². The molecule has 0 saturated heterocycles. The maximum atomic E-state index is 6.73. The van der Waals surface area contributed by atoms with E-state index >= 15 is 0 Å². The fourth-order valence-electron chi connectivity index (χ4n) is 5.07. The molecule has 0 amide bonds. The van der Waals surface area contributed by atoms with Crippen LogP contribution in [0.25, 0.3) is 0 Å². The highest BCUT2D eigenvalue weighted by atomic mass is 28.4. The Kier molecular flexibility index (Phi) is 22.8. The van der Waals surface area contributed by atoms with Gasteiger partial charge in [-0.05, 0) is 36.3 Å². The van der Waals surface area contributed by atoms with Crippen LogP contribution >= 0.6 is 0 Å². The van der Waals surface area contributed by atoms with Gasteiger partial charge in [0.1, 0.15) is 5.60 Å². The van der Waals surface area contributed by atoms with Gasteiger partial charge < -0.3 is 47.1 Å². The van der Waals surface area contributed by atoms with Gasteiger partial charge in [-0.2, -0.15) is 0 Å². The first kappa shape index (κ1) is 42.9. The van der Waals surface area contributed by atoms with Crippen molar-refractivity contribution >= 4 is 8.32 Å². The molecule has 0 spiro atoms. The predicted molar refractivity (Wildman–Crippen MR) is 201 cm³/mol. The number of rotatable bonds is 32. The maximum absolute atomic E-state index is 6.73. The number of hydrogen-bond donors (Lipinski definition) is 0. The second kappa shape index (κ2) is 27.1. The van der Waals surface area contributed by atoms with Crippen molar-refractivity contribution in [3.8, 4) is 0 Å². The molecular formula is C40H60O10Si. The summed E-state index contributed by atoms with van der Waals surface area (Å²) in [6.07, 6.45) is 0. The van der Waals surface area contributed by atoms with Gasteiger partial charge in [-0.1, -0.05) is 91.0 Å². The largest absolute Gasteiger partial charge is 0.415 e. The van der Waals surface area contributed by atoms with Crippen molar-refractivity contribution in [2.75, 3.05) is 119 Å². The average Bonchev–Trinajstić information content (AvgIpc) is 3.15. The van der Waals surface area contributed by atoms with Crippen molar-refractivity contribution in [1.29, 1.82) is 0 Å². The molecule has 11 heteroatoms. The summed E-state index contributed by atoms with van der Waals surface area (Å²) in [6, 6.07) is 31.0. The summed E-state index contributed by atoms with van der Waals surface area (Å²) in [6.45, 7) is 15.8. The van der Waals surface area contributed by atoms with Gasteiger partial charge in [0.15, 0.2) is 8.32 Å². The van der Waals surface area contributed by atoms with Crippen LogP contribution in [-0.4, -0.2) is 127 Å². The molecule has 284 valence electrons. The molecule has 0 atom stereocenters. The van der Waals surface area contributed by atoms with Crippen LogP contribution in [0, 0.1) is 0 Å². The molecule has 0 radical (unpaired) electrons. The molecule has 0 aliphatic rings. The van der Waals surface area contributed by atoms with Crippen molar-refractivity contribution < 1.29 is 47.1 Å². The normalized spacial score (nSPS) is 12.1. The van der Waals surface area contributed by atoms with Crippen LogP contribution in [0.4, 0.5) is 0 Å². The first-order chi connectivity index (χ1) is 25.0. The van der Waals surface area contributed by atoms with E-state index in [9.17, 15) is 0 Å². The maximum Gasteiger partial charge on any atom is 0.183 e. The third-order valence-corrected chi connectivity index (χ3v) is 8.52. The lowest BCUT2D eigenvalue weighted by atomic mass is 9.80. The monoisotopic (exact) mass is 728 g/mol. The van der Waals surface area contributed by atoms with E-state index in [0.717, 1.165) is 16.7 Å². The molecular weight excluding hydrogens is 669 g/mol. The molecule has 0 saturated carbocycles. The van der Waals surface area contributed by atoms with Gasteiger partial charge in [0, 0.05) is 0 Å². The van der Waals surface area contributed by atoms with Gasteiger partial charge >= 0.3 is 0 Å². The summed E-state index contributed by atoms with van der Waals surface area (Å²) in [5.74, 6) is 0. The third kappa shape index (κ3) is 18.7. The zero-order chi connectivity index (χ0) is 36.1. The first-order valence-electron chi connectivity index (χ1n) is 18.1. The van der Waals surface area contributed by atoms with E-state index in [2.05, 4.69) is 56.0 Å². The Labute approximate surface area is 306 Å². The quantitative estimate of drug-likeness (QED) is 0.0435. The minimum atomic E-state index is -1.46. The van der Waals surface area contributed by atoms with Crippen molar-refractivity contribution in [3.63, 3.8) is 0 Å². The van der Waals surface area contributed by atoms with Gasteiger partial charge in [0.2, 0.25) is 0 Å². The van der Waals surface area contributed by atoms with Crippen LogP contribution in [0.15, 0.2) is 91.0 Å². The predicted octanol–water partition coefficient (Wildman–Crippen LogP) is 5.98. The molecule has 0 bridgehead atoms. The van der Waals surface area contributed by atoms with E-state index in [1.54, 1.807) is 0 Å². The van der Waals surface area contributed by atoms with E-state index in [1.165, 1.54) is 0 Å². The Balaban J connectivity index is 1.11. The highest BCUT2D eigenvalue weighted by molar-refractivity contribution is 6.69. The van der Waals surface area contributed by atoms with Crippen LogP contribution in [0.5, 0.6) is 0 Å². The first-order valence-corrected chi connectivity index (χ1v) is 21.5. The standard InChI is InChI=1S/C40H60O10Si/c1-51(2,3)50-36-34-48-32-30-46-28-26-44-24-22-42-20-19-41-21-23-43-25-27-45-29-31-47-33-35-49-40(37-13-7-4-8-14-37,38-15-9-5-10-16-38)39-17-11-6-12-18-39/h4-18H,19-36H2,1-3H3. The topological polar surface area (TPSA) is 92.3 Å². The SMILES string of the molecule is C[Si](C)(C)OCCOCCOCCOCCOCCOCCOCCOCCOCCOC(c1ccccc1)(c1ccccc1)c1ccccc1. The fourth-order valence-corrected chi connectivity index (χ4v) is 5.77. The van der Waals surface area contributed by atoms with Gasteiger partial charge in [0.25, 0.3) is 0 Å². The van der Waals surface area contributed by atoms with Crippen LogP contribution in [-0.2, 0) is 52.7 Å². The van der Waals surface area contributed by atoms with E-state index in [0.29, 0.717) is 119 Å². The van der Waals surface area contributed by atoms with E-state index in [4.69, 9.17) is 47.1 Å². The second-order valence-electron chi connectivity index (χ2n) is 12.5. The van der Waals surface area contributed by atoms with Crippen molar-refractivity contribution in [3.05, 3.63) is 108 Å². The molecule has 3 aromatic rings. The average molecular weight is 729 g/mol. The Morgan fingerprint density at radius 3 is 0.824 bits per heavy atom. The molecule has 0 fully saturated rings. The molecule has 0 unspecified atom stereocenters. The fraction of sp³-hybridized carbons (Fsp3) is 0.550. The number of benzene rings is 3. The van der Waals surface area contributed by atoms with E-state index in [1.807, 2.05) is 54.6 Å². The number of hydrogen-bond acceptors (Lipinski definition) is 10. The summed E-state index contributed by atoms with van der Waals surface area (Å²) in [4.78, 5) is 0. The van der Waals surface area contributed by atoms with Gasteiger partial charge in [-0.15, -0.1) is 0 Å². The molecule has 0 aliphatic carbocycles. The zero-order valence-electron chi connectivity index (χ0n) is 31.0. The lowest BCUT2D eigenvalue weighted by Crippen LogP contribution is -2.34. The van der Waals surface area contributed by atoms with Gasteiger partial charge in [-0.3, -0.25) is 0 Å². The molecule has 3 aromatic carbocycles. The molecule has 10 nitrogen and oxygen atoms in total. The Morgan fingerprint density at radius 1 is 0.333 bits per heavy atom. The Bertz CT molecular complexity index is 1120. The third-order valence-electron chi connectivity index (χ3n) is 7.45. The minimum absolute atomic E-state index is 0.420. The molecule has 0 heterocycles. The summed E-state index contributed by atoms with van der Waals surface area (Å²) < 4.78 is 57.1. The van der Waals surface area contributed by atoms with Gasteiger partial charge in [-0.25, -0.2) is 0 Å². The van der Waals surface area contributed by atoms with Gasteiger partial charge in [0.05, 0.1) is 119 Å². The van der Waals surface area contributed by atoms with Crippen molar-refractivity contribution in [1.82, 2.24) is 0 Å². The van der Waals surface area contributed by atoms with Crippen molar-refractivity contribution in [2.24, 2.45) is 0 Å². The summed E-state index contributed by atoms with van der Waals surface area (Å²) in [5, 5.41) is 0. The molecule has 3 rings (SSSR count). The summed E-state index contributed by atoms with van der Waals surface area (Å²) in [7, 11) is -1.46. The Morgan fingerprint density at radius 2 is 0.569 bits per heavy atom. The molecule has 51 heavy (non-hydrogen) atoms. The Hall–Kier alpha value is -2.52. The lowest BCUT2D eigenvalue weighted by Gasteiger charge is -2.36. The van der Waals surface area contributed by atoms with Crippen LogP contribution in [0.1, 0.15) is 16.7 Å². The smallest absolute Gasteiger partial charge is 0.183 e. The van der Waals surface area contributed by atoms with Crippen molar-refractivity contribution in [2.45, 2.75) is 25.2 Å². The van der Waals surface area contributed by atoms with E-state index in [-0.39, 0.29) is 0 Å². The van der Waals surface area contributed by atoms with Crippen LogP contribution in [0.2, 0.25) is 19.6 Å². The number of ether oxygens (including phenoxy) is 9. The zero-order valence-corrected chi connectivity index (χ0v) is 32.0.